The number of benzene rings is 1. The molecule has 0 fully saturated rings. The number of carbonyl (C=O) groups excluding carboxylic acids is 1. The van der Waals surface area contributed by atoms with Crippen molar-refractivity contribution in [2.75, 3.05) is 0 Å². The highest BCUT2D eigenvalue weighted by atomic mass is 35.5. The summed E-state index contributed by atoms with van der Waals surface area (Å²) in [6.45, 7) is 0. The molecule has 1 heterocycles. The standard InChI is InChI=1S/C13H8Cl2N2O2/c14-10-4-1-3-9(7-10)8-17-19-13(18)11-5-2-6-16-12(11)15/h1-8H. The summed E-state index contributed by atoms with van der Waals surface area (Å²) in [5, 5.41) is 4.23. The Hall–Kier alpha value is -1.91. The predicted molar refractivity (Wildman–Crippen MR) is 73.7 cm³/mol. The van der Waals surface area contributed by atoms with Gasteiger partial charge in [0.05, 0.1) is 11.8 Å². The number of aromatic nitrogens is 1. The number of halogens is 2. The van der Waals surface area contributed by atoms with E-state index in [2.05, 4.69) is 10.1 Å². The van der Waals surface area contributed by atoms with E-state index in [1.54, 1.807) is 30.3 Å². The number of nitrogens with zero attached hydrogens (tertiary/aromatic N) is 2. The fourth-order valence-electron chi connectivity index (χ4n) is 1.31. The van der Waals surface area contributed by atoms with Crippen LogP contribution >= 0.6 is 23.2 Å². The smallest absolute Gasteiger partial charge is 0.313 e. The van der Waals surface area contributed by atoms with Crippen LogP contribution in [-0.2, 0) is 4.84 Å². The third kappa shape index (κ3) is 3.77. The molecule has 19 heavy (non-hydrogen) atoms. The Labute approximate surface area is 119 Å². The number of hydrogen-bond acceptors (Lipinski definition) is 4. The van der Waals surface area contributed by atoms with Gasteiger partial charge in [0.1, 0.15) is 5.15 Å². The van der Waals surface area contributed by atoms with Crippen LogP contribution in [0.25, 0.3) is 0 Å². The molecule has 6 heteroatoms. The number of rotatable bonds is 3. The van der Waals surface area contributed by atoms with Gasteiger partial charge in [-0.15, -0.1) is 0 Å². The first kappa shape index (κ1) is 13.5. The lowest BCUT2D eigenvalue weighted by Crippen LogP contribution is -2.02. The van der Waals surface area contributed by atoms with Crippen molar-refractivity contribution in [3.63, 3.8) is 0 Å². The van der Waals surface area contributed by atoms with Gasteiger partial charge in [-0.1, -0.05) is 40.5 Å². The van der Waals surface area contributed by atoms with Gasteiger partial charge in [-0.3, -0.25) is 0 Å². The second-order valence-electron chi connectivity index (χ2n) is 3.51. The summed E-state index contributed by atoms with van der Waals surface area (Å²) in [7, 11) is 0. The Morgan fingerprint density at radius 2 is 2.11 bits per heavy atom. The first-order valence-corrected chi connectivity index (χ1v) is 6.03. The minimum absolute atomic E-state index is 0.0745. The maximum atomic E-state index is 11.6. The van der Waals surface area contributed by atoms with Crippen molar-refractivity contribution in [2.24, 2.45) is 5.16 Å². The van der Waals surface area contributed by atoms with Crippen LogP contribution in [0.15, 0.2) is 47.8 Å². The van der Waals surface area contributed by atoms with E-state index in [4.69, 9.17) is 28.0 Å². The van der Waals surface area contributed by atoms with Gasteiger partial charge >= 0.3 is 5.97 Å². The molecule has 1 aromatic carbocycles. The SMILES string of the molecule is O=C(ON=Cc1cccc(Cl)c1)c1cccnc1Cl. The van der Waals surface area contributed by atoms with E-state index in [-0.39, 0.29) is 10.7 Å². The van der Waals surface area contributed by atoms with Gasteiger partial charge in [-0.05, 0) is 29.8 Å². The second-order valence-corrected chi connectivity index (χ2v) is 4.30. The summed E-state index contributed by atoms with van der Waals surface area (Å²) < 4.78 is 0. The van der Waals surface area contributed by atoms with Gasteiger partial charge in [0.15, 0.2) is 0 Å². The summed E-state index contributed by atoms with van der Waals surface area (Å²) in [5.41, 5.74) is 0.880. The second kappa shape index (κ2) is 6.31. The molecule has 0 amide bonds. The van der Waals surface area contributed by atoms with E-state index in [9.17, 15) is 4.79 Å². The summed E-state index contributed by atoms with van der Waals surface area (Å²) in [4.78, 5) is 20.1. The van der Waals surface area contributed by atoms with E-state index in [1.807, 2.05) is 0 Å². The van der Waals surface area contributed by atoms with Gasteiger partial charge in [0.2, 0.25) is 0 Å². The van der Waals surface area contributed by atoms with E-state index in [0.717, 1.165) is 5.56 Å². The number of pyridine rings is 1. The third-order valence-corrected chi connectivity index (χ3v) is 2.70. The van der Waals surface area contributed by atoms with Crippen molar-refractivity contribution in [1.29, 1.82) is 0 Å². The fraction of sp³-hybridized carbons (Fsp3) is 0. The Kier molecular flexibility index (Phi) is 4.49. The summed E-state index contributed by atoms with van der Waals surface area (Å²) in [6, 6.07) is 10.1. The van der Waals surface area contributed by atoms with E-state index >= 15 is 0 Å². The molecule has 4 nitrogen and oxygen atoms in total. The molecule has 0 saturated carbocycles. The van der Waals surface area contributed by atoms with E-state index in [1.165, 1.54) is 18.5 Å². The molecule has 1 aromatic heterocycles. The molecule has 0 radical (unpaired) electrons. The molecule has 0 bridgehead atoms. The van der Waals surface area contributed by atoms with Gasteiger partial charge in [-0.25, -0.2) is 9.78 Å². The van der Waals surface area contributed by atoms with Crippen molar-refractivity contribution >= 4 is 35.4 Å². The van der Waals surface area contributed by atoms with Crippen molar-refractivity contribution in [3.8, 4) is 0 Å². The molecule has 0 spiro atoms. The summed E-state index contributed by atoms with van der Waals surface area (Å²) >= 11 is 11.6. The van der Waals surface area contributed by atoms with Crippen LogP contribution in [0.3, 0.4) is 0 Å². The Bertz CT molecular complexity index is 630. The van der Waals surface area contributed by atoms with Gasteiger partial charge in [0, 0.05) is 11.2 Å². The minimum Gasteiger partial charge on any atom is -0.313 e. The molecule has 2 rings (SSSR count). The molecule has 0 aliphatic rings. The maximum absolute atomic E-state index is 11.6. The third-order valence-electron chi connectivity index (χ3n) is 2.17. The van der Waals surface area contributed by atoms with Crippen LogP contribution in [0.2, 0.25) is 10.2 Å². The molecule has 0 N–H and O–H groups in total. The van der Waals surface area contributed by atoms with Crippen molar-refractivity contribution in [2.45, 2.75) is 0 Å². The van der Waals surface area contributed by atoms with Gasteiger partial charge in [0.25, 0.3) is 0 Å². The lowest BCUT2D eigenvalue weighted by atomic mass is 10.2. The highest BCUT2D eigenvalue weighted by Gasteiger charge is 2.11. The highest BCUT2D eigenvalue weighted by Crippen LogP contribution is 2.13. The fourth-order valence-corrected chi connectivity index (χ4v) is 1.70. The molecule has 0 saturated heterocycles. The van der Waals surface area contributed by atoms with Crippen LogP contribution in [0, 0.1) is 0 Å². The largest absolute Gasteiger partial charge is 0.368 e. The molecule has 0 aliphatic carbocycles. The molecule has 0 unspecified atom stereocenters. The highest BCUT2D eigenvalue weighted by molar-refractivity contribution is 6.32. The van der Waals surface area contributed by atoms with Crippen LogP contribution in [0.1, 0.15) is 15.9 Å². The first-order valence-electron chi connectivity index (χ1n) is 5.27. The van der Waals surface area contributed by atoms with Crippen molar-refractivity contribution in [1.82, 2.24) is 4.98 Å². The number of carbonyl (C=O) groups is 1. The summed E-state index contributed by atoms with van der Waals surface area (Å²) in [5.74, 6) is -0.670. The molecule has 2 aromatic rings. The predicted octanol–water partition coefficient (Wildman–Crippen LogP) is 3.58. The van der Waals surface area contributed by atoms with Crippen LogP contribution in [-0.4, -0.2) is 17.2 Å². The Balaban J connectivity index is 2.03. The zero-order chi connectivity index (χ0) is 13.7. The van der Waals surface area contributed by atoms with Gasteiger partial charge < -0.3 is 4.84 Å². The van der Waals surface area contributed by atoms with Crippen molar-refractivity contribution < 1.29 is 9.63 Å². The number of hydrogen-bond donors (Lipinski definition) is 0. The van der Waals surface area contributed by atoms with Crippen LogP contribution in [0.5, 0.6) is 0 Å². The summed E-state index contributed by atoms with van der Waals surface area (Å²) in [6.07, 6.45) is 2.86. The Morgan fingerprint density at radius 1 is 1.26 bits per heavy atom. The normalized spacial score (nSPS) is 10.6. The molecular formula is C13H8Cl2N2O2. The molecule has 0 atom stereocenters. The van der Waals surface area contributed by atoms with Crippen LogP contribution < -0.4 is 0 Å². The average Bonchev–Trinajstić information content (AvgIpc) is 2.39. The molecule has 0 aliphatic heterocycles. The zero-order valence-electron chi connectivity index (χ0n) is 9.59. The lowest BCUT2D eigenvalue weighted by Gasteiger charge is -1.99. The topological polar surface area (TPSA) is 51.5 Å². The first-order chi connectivity index (χ1) is 9.16. The van der Waals surface area contributed by atoms with Crippen LogP contribution in [0.4, 0.5) is 0 Å². The van der Waals surface area contributed by atoms with Gasteiger partial charge in [-0.2, -0.15) is 0 Å². The monoisotopic (exact) mass is 294 g/mol. The maximum Gasteiger partial charge on any atom is 0.368 e. The number of oxime groups is 1. The molecule has 96 valence electrons. The Morgan fingerprint density at radius 3 is 2.84 bits per heavy atom. The van der Waals surface area contributed by atoms with Crippen molar-refractivity contribution in [3.05, 3.63) is 63.9 Å². The lowest BCUT2D eigenvalue weighted by molar-refractivity contribution is 0.0519. The quantitative estimate of drug-likeness (QED) is 0.376. The zero-order valence-corrected chi connectivity index (χ0v) is 11.1. The van der Waals surface area contributed by atoms with E-state index < -0.39 is 5.97 Å². The molecular weight excluding hydrogens is 287 g/mol. The average molecular weight is 295 g/mol. The van der Waals surface area contributed by atoms with E-state index in [0.29, 0.717) is 5.02 Å². The minimum atomic E-state index is -0.670.